The molecule has 5 rings (SSSR count). The lowest BCUT2D eigenvalue weighted by molar-refractivity contribution is 0.0332. The van der Waals surface area contributed by atoms with Gasteiger partial charge < -0.3 is 9.72 Å². The van der Waals surface area contributed by atoms with Crippen LogP contribution in [0.5, 0.6) is 0 Å². The zero-order valence-electron chi connectivity index (χ0n) is 14.6. The molecule has 0 atom stereocenters. The standard InChI is InChI=1S/C20H18N4O3/c25-19-14-3-1-2-4-15(14)20(26)24(19)13-5-6-16-17(11-13)22-18(21-16)12-23-7-9-27-10-8-23/h1-6,11H,7-10,12H2,(H,21,22). The first-order valence-corrected chi connectivity index (χ1v) is 8.97. The van der Waals surface area contributed by atoms with Crippen LogP contribution in [0.1, 0.15) is 26.5 Å². The van der Waals surface area contributed by atoms with Crippen LogP contribution < -0.4 is 4.90 Å². The van der Waals surface area contributed by atoms with Gasteiger partial charge in [-0.1, -0.05) is 12.1 Å². The van der Waals surface area contributed by atoms with Crippen LogP contribution in [0.25, 0.3) is 11.0 Å². The number of carbonyl (C=O) groups is 2. The summed E-state index contributed by atoms with van der Waals surface area (Å²) in [6.07, 6.45) is 0. The zero-order valence-corrected chi connectivity index (χ0v) is 14.6. The number of aromatic amines is 1. The minimum absolute atomic E-state index is 0.289. The number of carbonyl (C=O) groups excluding carboxylic acids is 2. The number of hydrogen-bond donors (Lipinski definition) is 1. The van der Waals surface area contributed by atoms with Gasteiger partial charge in [-0.25, -0.2) is 9.88 Å². The topological polar surface area (TPSA) is 78.5 Å². The fourth-order valence-corrected chi connectivity index (χ4v) is 3.66. The Kier molecular flexibility index (Phi) is 3.77. The van der Waals surface area contributed by atoms with E-state index in [4.69, 9.17) is 4.74 Å². The van der Waals surface area contributed by atoms with Crippen molar-refractivity contribution < 1.29 is 14.3 Å². The lowest BCUT2D eigenvalue weighted by Crippen LogP contribution is -2.35. The molecular formula is C20H18N4O3. The van der Waals surface area contributed by atoms with Crippen molar-refractivity contribution in [1.29, 1.82) is 0 Å². The van der Waals surface area contributed by atoms with Crippen molar-refractivity contribution in [3.05, 3.63) is 59.4 Å². The van der Waals surface area contributed by atoms with Gasteiger partial charge in [0.1, 0.15) is 5.82 Å². The van der Waals surface area contributed by atoms with Crippen molar-refractivity contribution in [3.8, 4) is 0 Å². The number of rotatable bonds is 3. The summed E-state index contributed by atoms with van der Waals surface area (Å²) >= 11 is 0. The molecule has 0 unspecified atom stereocenters. The van der Waals surface area contributed by atoms with Crippen LogP contribution in [0.4, 0.5) is 5.69 Å². The number of aromatic nitrogens is 2. The molecule has 3 aromatic rings. The van der Waals surface area contributed by atoms with Gasteiger partial charge in [0.15, 0.2) is 0 Å². The summed E-state index contributed by atoms with van der Waals surface area (Å²) in [4.78, 5) is 36.8. The molecule has 2 aliphatic rings. The first-order valence-electron chi connectivity index (χ1n) is 8.97. The number of imidazole rings is 1. The number of nitrogens with zero attached hydrogens (tertiary/aromatic N) is 3. The number of morpholine rings is 1. The maximum Gasteiger partial charge on any atom is 0.266 e. The average Bonchev–Trinajstić information content (AvgIpc) is 3.20. The highest BCUT2D eigenvalue weighted by Crippen LogP contribution is 2.30. The van der Waals surface area contributed by atoms with Gasteiger partial charge in [0, 0.05) is 13.1 Å². The molecule has 2 amide bonds. The van der Waals surface area contributed by atoms with E-state index in [0.29, 0.717) is 16.8 Å². The van der Waals surface area contributed by atoms with E-state index >= 15 is 0 Å². The Morgan fingerprint density at radius 2 is 1.70 bits per heavy atom. The van der Waals surface area contributed by atoms with E-state index in [1.54, 1.807) is 30.3 Å². The second-order valence-corrected chi connectivity index (χ2v) is 6.76. The molecule has 0 bridgehead atoms. The van der Waals surface area contributed by atoms with Gasteiger partial charge in [-0.2, -0.15) is 0 Å². The Balaban J connectivity index is 1.45. The fraction of sp³-hybridized carbons (Fsp3) is 0.250. The number of hydrogen-bond acceptors (Lipinski definition) is 5. The van der Waals surface area contributed by atoms with Gasteiger partial charge >= 0.3 is 0 Å². The van der Waals surface area contributed by atoms with Crippen LogP contribution in [0.3, 0.4) is 0 Å². The molecule has 0 aliphatic carbocycles. The minimum atomic E-state index is -0.289. The Hall–Kier alpha value is -3.03. The number of fused-ring (bicyclic) bond motifs is 2. The third-order valence-electron chi connectivity index (χ3n) is 5.04. The molecule has 7 nitrogen and oxygen atoms in total. The van der Waals surface area contributed by atoms with E-state index in [0.717, 1.165) is 49.7 Å². The first-order chi connectivity index (χ1) is 13.2. The average molecular weight is 362 g/mol. The smallest absolute Gasteiger partial charge is 0.266 e. The summed E-state index contributed by atoms with van der Waals surface area (Å²) < 4.78 is 5.37. The maximum absolute atomic E-state index is 12.7. The Morgan fingerprint density at radius 3 is 2.41 bits per heavy atom. The maximum atomic E-state index is 12.7. The van der Waals surface area contributed by atoms with Gasteiger partial charge in [-0.15, -0.1) is 0 Å². The molecule has 0 radical (unpaired) electrons. The van der Waals surface area contributed by atoms with E-state index < -0.39 is 0 Å². The van der Waals surface area contributed by atoms with Crippen molar-refractivity contribution in [2.75, 3.05) is 31.2 Å². The highest BCUT2D eigenvalue weighted by Gasteiger charge is 2.36. The Labute approximate surface area is 155 Å². The summed E-state index contributed by atoms with van der Waals surface area (Å²) in [5.74, 6) is 0.289. The molecule has 1 aromatic heterocycles. The van der Waals surface area contributed by atoms with Gasteiger partial charge in [0.05, 0.1) is 47.6 Å². The van der Waals surface area contributed by atoms with Crippen LogP contribution in [-0.2, 0) is 11.3 Å². The van der Waals surface area contributed by atoms with Gasteiger partial charge in [-0.3, -0.25) is 14.5 Å². The van der Waals surface area contributed by atoms with Crippen LogP contribution in [0.2, 0.25) is 0 Å². The molecule has 1 N–H and O–H groups in total. The zero-order chi connectivity index (χ0) is 18.4. The monoisotopic (exact) mass is 362 g/mol. The lowest BCUT2D eigenvalue weighted by Gasteiger charge is -2.25. The second kappa shape index (κ2) is 6.29. The summed E-state index contributed by atoms with van der Waals surface area (Å²) in [7, 11) is 0. The number of benzene rings is 2. The molecule has 2 aliphatic heterocycles. The molecule has 27 heavy (non-hydrogen) atoms. The molecule has 3 heterocycles. The van der Waals surface area contributed by atoms with Gasteiger partial charge in [0.25, 0.3) is 11.8 Å². The third-order valence-corrected chi connectivity index (χ3v) is 5.04. The quantitative estimate of drug-likeness (QED) is 0.723. The number of anilines is 1. The number of H-pyrrole nitrogens is 1. The number of amides is 2. The van der Waals surface area contributed by atoms with E-state index in [1.165, 1.54) is 4.90 Å². The molecule has 0 spiro atoms. The van der Waals surface area contributed by atoms with E-state index in [9.17, 15) is 9.59 Å². The molecule has 1 fully saturated rings. The summed E-state index contributed by atoms with van der Waals surface area (Å²) in [6.45, 7) is 3.98. The van der Waals surface area contributed by atoms with Crippen molar-refractivity contribution in [2.24, 2.45) is 0 Å². The molecular weight excluding hydrogens is 344 g/mol. The fourth-order valence-electron chi connectivity index (χ4n) is 3.66. The highest BCUT2D eigenvalue weighted by atomic mass is 16.5. The Bertz CT molecular complexity index is 1020. The van der Waals surface area contributed by atoms with Gasteiger partial charge in [-0.05, 0) is 30.3 Å². The van der Waals surface area contributed by atoms with Crippen LogP contribution in [0.15, 0.2) is 42.5 Å². The highest BCUT2D eigenvalue weighted by molar-refractivity contribution is 6.34. The molecule has 0 saturated carbocycles. The van der Waals surface area contributed by atoms with Crippen LogP contribution in [-0.4, -0.2) is 53.0 Å². The van der Waals surface area contributed by atoms with Crippen molar-refractivity contribution in [1.82, 2.24) is 14.9 Å². The van der Waals surface area contributed by atoms with E-state index in [2.05, 4.69) is 14.9 Å². The number of nitrogens with one attached hydrogen (secondary N) is 1. The van der Waals surface area contributed by atoms with Crippen LogP contribution in [0, 0.1) is 0 Å². The predicted molar refractivity (Wildman–Crippen MR) is 99.8 cm³/mol. The number of imide groups is 1. The first kappa shape index (κ1) is 16.2. The summed E-state index contributed by atoms with van der Waals surface area (Å²) in [5, 5.41) is 0. The van der Waals surface area contributed by atoms with E-state index in [1.807, 2.05) is 12.1 Å². The normalized spacial score (nSPS) is 17.7. The van der Waals surface area contributed by atoms with E-state index in [-0.39, 0.29) is 11.8 Å². The van der Waals surface area contributed by atoms with Crippen molar-refractivity contribution >= 4 is 28.5 Å². The third kappa shape index (κ3) is 2.72. The largest absolute Gasteiger partial charge is 0.379 e. The molecule has 2 aromatic carbocycles. The molecule has 7 heteroatoms. The minimum Gasteiger partial charge on any atom is -0.379 e. The molecule has 1 saturated heterocycles. The lowest BCUT2D eigenvalue weighted by atomic mass is 10.1. The Morgan fingerprint density at radius 1 is 1.00 bits per heavy atom. The van der Waals surface area contributed by atoms with Crippen molar-refractivity contribution in [3.63, 3.8) is 0 Å². The molecule has 136 valence electrons. The summed E-state index contributed by atoms with van der Waals surface area (Å²) in [6, 6.07) is 12.3. The predicted octanol–water partition coefficient (Wildman–Crippen LogP) is 2.20. The van der Waals surface area contributed by atoms with Crippen molar-refractivity contribution in [2.45, 2.75) is 6.54 Å². The number of ether oxygens (including phenoxy) is 1. The second-order valence-electron chi connectivity index (χ2n) is 6.76. The SMILES string of the molecule is O=C1c2ccccc2C(=O)N1c1ccc2nc(CN3CCOCC3)[nH]c2c1. The summed E-state index contributed by atoms with van der Waals surface area (Å²) in [5.41, 5.74) is 3.07. The van der Waals surface area contributed by atoms with Gasteiger partial charge in [0.2, 0.25) is 0 Å². The van der Waals surface area contributed by atoms with Crippen LogP contribution >= 0.6 is 0 Å².